The highest BCUT2D eigenvalue weighted by molar-refractivity contribution is 7.10. The van der Waals surface area contributed by atoms with Crippen LogP contribution < -0.4 is 5.32 Å². The van der Waals surface area contributed by atoms with Crippen LogP contribution in [0.25, 0.3) is 0 Å². The Morgan fingerprint density at radius 1 is 1.41 bits per heavy atom. The SMILES string of the molecule is CC(C)C(c1cccs1)N1CCNCC1(C)C. The van der Waals surface area contributed by atoms with Crippen LogP contribution in [0.5, 0.6) is 0 Å². The number of hydrogen-bond acceptors (Lipinski definition) is 3. The van der Waals surface area contributed by atoms with E-state index < -0.39 is 0 Å². The lowest BCUT2D eigenvalue weighted by Gasteiger charge is -2.48. The number of nitrogens with one attached hydrogen (secondary N) is 1. The minimum Gasteiger partial charge on any atom is -0.314 e. The Morgan fingerprint density at radius 3 is 2.71 bits per heavy atom. The van der Waals surface area contributed by atoms with Gasteiger partial charge < -0.3 is 5.32 Å². The average Bonchev–Trinajstić information content (AvgIpc) is 2.73. The van der Waals surface area contributed by atoms with Crippen molar-refractivity contribution in [3.63, 3.8) is 0 Å². The molecule has 96 valence electrons. The molecule has 0 spiro atoms. The van der Waals surface area contributed by atoms with Gasteiger partial charge in [-0.15, -0.1) is 11.3 Å². The summed E-state index contributed by atoms with van der Waals surface area (Å²) in [5.74, 6) is 0.658. The van der Waals surface area contributed by atoms with Crippen molar-refractivity contribution in [2.24, 2.45) is 5.92 Å². The third kappa shape index (κ3) is 2.72. The van der Waals surface area contributed by atoms with Gasteiger partial charge in [-0.3, -0.25) is 4.90 Å². The summed E-state index contributed by atoms with van der Waals surface area (Å²) in [6.45, 7) is 12.7. The molecular formula is C14H24N2S. The van der Waals surface area contributed by atoms with Gasteiger partial charge in [-0.25, -0.2) is 0 Å². The van der Waals surface area contributed by atoms with Gasteiger partial charge in [0.2, 0.25) is 0 Å². The number of nitrogens with zero attached hydrogens (tertiary/aromatic N) is 1. The smallest absolute Gasteiger partial charge is 0.0470 e. The lowest BCUT2D eigenvalue weighted by atomic mass is 9.92. The second-order valence-electron chi connectivity index (χ2n) is 5.89. The molecule has 1 aromatic rings. The molecule has 2 heterocycles. The first kappa shape index (κ1) is 13.1. The molecule has 0 bridgehead atoms. The summed E-state index contributed by atoms with van der Waals surface area (Å²) >= 11 is 1.89. The van der Waals surface area contributed by atoms with Gasteiger partial charge in [-0.1, -0.05) is 19.9 Å². The largest absolute Gasteiger partial charge is 0.314 e. The molecule has 1 saturated heterocycles. The van der Waals surface area contributed by atoms with Crippen LogP contribution in [0.3, 0.4) is 0 Å². The van der Waals surface area contributed by atoms with Crippen molar-refractivity contribution in [1.29, 1.82) is 0 Å². The standard InChI is InChI=1S/C14H24N2S/c1-11(2)13(12-6-5-9-17-12)16-8-7-15-10-14(16,3)4/h5-6,9,11,13,15H,7-8,10H2,1-4H3. The summed E-state index contributed by atoms with van der Waals surface area (Å²) in [7, 11) is 0. The molecule has 17 heavy (non-hydrogen) atoms. The Labute approximate surface area is 109 Å². The maximum absolute atomic E-state index is 3.51. The molecule has 1 fully saturated rings. The van der Waals surface area contributed by atoms with Gasteiger partial charge in [0, 0.05) is 36.1 Å². The first-order valence-electron chi connectivity index (χ1n) is 6.53. The van der Waals surface area contributed by atoms with E-state index in [0.29, 0.717) is 12.0 Å². The maximum Gasteiger partial charge on any atom is 0.0470 e. The highest BCUT2D eigenvalue weighted by atomic mass is 32.1. The molecule has 1 unspecified atom stereocenters. The van der Waals surface area contributed by atoms with E-state index in [4.69, 9.17) is 0 Å². The van der Waals surface area contributed by atoms with E-state index >= 15 is 0 Å². The molecule has 1 aliphatic heterocycles. The fourth-order valence-electron chi connectivity index (χ4n) is 2.82. The molecule has 1 N–H and O–H groups in total. The average molecular weight is 252 g/mol. The Kier molecular flexibility index (Phi) is 3.91. The monoisotopic (exact) mass is 252 g/mol. The Morgan fingerprint density at radius 2 is 2.18 bits per heavy atom. The van der Waals surface area contributed by atoms with Gasteiger partial charge in [-0.2, -0.15) is 0 Å². The van der Waals surface area contributed by atoms with Crippen molar-refractivity contribution >= 4 is 11.3 Å². The maximum atomic E-state index is 3.51. The fourth-order valence-corrected chi connectivity index (χ4v) is 3.83. The Bertz CT molecular complexity index is 343. The van der Waals surface area contributed by atoms with Gasteiger partial charge in [0.05, 0.1) is 0 Å². The molecule has 0 radical (unpaired) electrons. The predicted molar refractivity (Wildman–Crippen MR) is 75.6 cm³/mol. The second-order valence-corrected chi connectivity index (χ2v) is 6.87. The molecule has 0 amide bonds. The summed E-state index contributed by atoms with van der Waals surface area (Å²) in [4.78, 5) is 4.19. The summed E-state index contributed by atoms with van der Waals surface area (Å²) in [6, 6.07) is 5.02. The molecule has 1 aromatic heterocycles. The summed E-state index contributed by atoms with van der Waals surface area (Å²) in [5, 5.41) is 5.70. The first-order chi connectivity index (χ1) is 8.02. The normalized spacial score (nSPS) is 22.9. The van der Waals surface area contributed by atoms with Gasteiger partial charge in [0.15, 0.2) is 0 Å². The number of rotatable bonds is 3. The Hall–Kier alpha value is -0.380. The quantitative estimate of drug-likeness (QED) is 0.889. The lowest BCUT2D eigenvalue weighted by molar-refractivity contribution is 0.0253. The van der Waals surface area contributed by atoms with E-state index in [9.17, 15) is 0 Å². The van der Waals surface area contributed by atoms with Crippen LogP contribution in [-0.4, -0.2) is 30.1 Å². The minimum absolute atomic E-state index is 0.247. The van der Waals surface area contributed by atoms with Crippen LogP contribution in [0.4, 0.5) is 0 Å². The van der Waals surface area contributed by atoms with Gasteiger partial charge in [0.1, 0.15) is 0 Å². The molecule has 1 aliphatic rings. The Balaban J connectivity index is 2.27. The summed E-state index contributed by atoms with van der Waals surface area (Å²) in [6.07, 6.45) is 0. The molecule has 0 aliphatic carbocycles. The van der Waals surface area contributed by atoms with Crippen molar-refractivity contribution in [2.75, 3.05) is 19.6 Å². The summed E-state index contributed by atoms with van der Waals surface area (Å²) in [5.41, 5.74) is 0.247. The fraction of sp³-hybridized carbons (Fsp3) is 0.714. The topological polar surface area (TPSA) is 15.3 Å². The van der Waals surface area contributed by atoms with Crippen LogP contribution >= 0.6 is 11.3 Å². The van der Waals surface area contributed by atoms with Crippen molar-refractivity contribution < 1.29 is 0 Å². The van der Waals surface area contributed by atoms with Crippen molar-refractivity contribution in [3.05, 3.63) is 22.4 Å². The first-order valence-corrected chi connectivity index (χ1v) is 7.41. The van der Waals surface area contributed by atoms with Crippen LogP contribution in [0.15, 0.2) is 17.5 Å². The number of thiophene rings is 1. The van der Waals surface area contributed by atoms with E-state index in [1.165, 1.54) is 4.88 Å². The third-order valence-electron chi connectivity index (χ3n) is 3.67. The van der Waals surface area contributed by atoms with E-state index in [1.54, 1.807) is 0 Å². The van der Waals surface area contributed by atoms with E-state index in [1.807, 2.05) is 11.3 Å². The van der Waals surface area contributed by atoms with Gasteiger partial charge in [0.25, 0.3) is 0 Å². The third-order valence-corrected chi connectivity index (χ3v) is 4.61. The van der Waals surface area contributed by atoms with E-state index in [2.05, 4.69) is 55.4 Å². The summed E-state index contributed by atoms with van der Waals surface area (Å²) < 4.78 is 0. The zero-order valence-corrected chi connectivity index (χ0v) is 12.2. The zero-order chi connectivity index (χ0) is 12.5. The molecule has 3 heteroatoms. The number of piperazine rings is 1. The second kappa shape index (κ2) is 5.09. The highest BCUT2D eigenvalue weighted by Gasteiger charge is 2.36. The molecule has 2 rings (SSSR count). The van der Waals surface area contributed by atoms with Crippen LogP contribution in [0.1, 0.15) is 38.6 Å². The van der Waals surface area contributed by atoms with Crippen molar-refractivity contribution in [1.82, 2.24) is 10.2 Å². The van der Waals surface area contributed by atoms with Gasteiger partial charge in [-0.05, 0) is 31.2 Å². The van der Waals surface area contributed by atoms with Crippen LogP contribution in [-0.2, 0) is 0 Å². The van der Waals surface area contributed by atoms with E-state index in [-0.39, 0.29) is 5.54 Å². The highest BCUT2D eigenvalue weighted by Crippen LogP contribution is 2.36. The minimum atomic E-state index is 0.247. The zero-order valence-electron chi connectivity index (χ0n) is 11.4. The number of hydrogen-bond donors (Lipinski definition) is 1. The molecule has 0 aromatic carbocycles. The molecular weight excluding hydrogens is 228 g/mol. The van der Waals surface area contributed by atoms with Gasteiger partial charge >= 0.3 is 0 Å². The molecule has 0 saturated carbocycles. The molecule has 2 nitrogen and oxygen atoms in total. The predicted octanol–water partition coefficient (Wildman–Crippen LogP) is 3.13. The van der Waals surface area contributed by atoms with Crippen LogP contribution in [0.2, 0.25) is 0 Å². The van der Waals surface area contributed by atoms with Crippen LogP contribution in [0, 0.1) is 5.92 Å². The lowest BCUT2D eigenvalue weighted by Crippen LogP contribution is -2.59. The van der Waals surface area contributed by atoms with Crippen molar-refractivity contribution in [2.45, 2.75) is 39.3 Å². The van der Waals surface area contributed by atoms with Crippen molar-refractivity contribution in [3.8, 4) is 0 Å². The molecule has 1 atom stereocenters. The van der Waals surface area contributed by atoms with E-state index in [0.717, 1.165) is 19.6 Å².